The number of carbonyl (C=O) groups is 1. The third kappa shape index (κ3) is 2.40. The highest BCUT2D eigenvalue weighted by Crippen LogP contribution is 2.39. The van der Waals surface area contributed by atoms with Gasteiger partial charge in [-0.25, -0.2) is 9.37 Å². The Hall–Kier alpha value is -2.17. The Balaban J connectivity index is 1.31. The maximum absolute atomic E-state index is 13.2. The Morgan fingerprint density at radius 2 is 2.09 bits per heavy atom. The van der Waals surface area contributed by atoms with E-state index in [-0.39, 0.29) is 23.8 Å². The van der Waals surface area contributed by atoms with Gasteiger partial charge in [0.15, 0.2) is 0 Å². The van der Waals surface area contributed by atoms with Gasteiger partial charge in [-0.1, -0.05) is 6.07 Å². The minimum absolute atomic E-state index is 0.0205. The Kier molecular flexibility index (Phi) is 3.21. The largest absolute Gasteiger partial charge is 0.461 e. The zero-order valence-electron chi connectivity index (χ0n) is 12.1. The summed E-state index contributed by atoms with van der Waals surface area (Å²) >= 11 is 0. The van der Waals surface area contributed by atoms with E-state index in [1.54, 1.807) is 24.7 Å². The van der Waals surface area contributed by atoms with Gasteiger partial charge in [0.2, 0.25) is 0 Å². The molecule has 22 heavy (non-hydrogen) atoms. The van der Waals surface area contributed by atoms with Crippen LogP contribution in [-0.2, 0) is 22.4 Å². The van der Waals surface area contributed by atoms with Crippen molar-refractivity contribution in [3.63, 3.8) is 0 Å². The Morgan fingerprint density at radius 3 is 2.86 bits per heavy atom. The van der Waals surface area contributed by atoms with Crippen LogP contribution in [0.2, 0.25) is 0 Å². The van der Waals surface area contributed by atoms with E-state index in [1.807, 2.05) is 10.8 Å². The van der Waals surface area contributed by atoms with Crippen molar-refractivity contribution in [1.82, 2.24) is 9.55 Å². The number of halogens is 1. The van der Waals surface area contributed by atoms with Crippen LogP contribution in [0.3, 0.4) is 0 Å². The van der Waals surface area contributed by atoms with Gasteiger partial charge in [-0.15, -0.1) is 0 Å². The monoisotopic (exact) mass is 300 g/mol. The predicted octanol–water partition coefficient (Wildman–Crippen LogP) is 2.68. The number of nitrogens with zero attached hydrogens (tertiary/aromatic N) is 2. The van der Waals surface area contributed by atoms with Gasteiger partial charge < -0.3 is 9.30 Å². The number of benzene rings is 1. The van der Waals surface area contributed by atoms with Crippen LogP contribution in [0.15, 0.2) is 36.9 Å². The van der Waals surface area contributed by atoms with E-state index in [0.29, 0.717) is 18.9 Å². The molecule has 0 spiro atoms. The first-order valence-corrected chi connectivity index (χ1v) is 7.64. The van der Waals surface area contributed by atoms with Crippen molar-refractivity contribution in [2.75, 3.05) is 0 Å². The highest BCUT2D eigenvalue weighted by atomic mass is 19.1. The number of esters is 1. The minimum Gasteiger partial charge on any atom is -0.461 e. The molecule has 1 heterocycles. The summed E-state index contributed by atoms with van der Waals surface area (Å²) in [6.45, 7) is 0. The number of aromatic nitrogens is 2. The van der Waals surface area contributed by atoms with Crippen molar-refractivity contribution < 1.29 is 13.9 Å². The van der Waals surface area contributed by atoms with Crippen LogP contribution >= 0.6 is 0 Å². The van der Waals surface area contributed by atoms with Gasteiger partial charge in [-0.2, -0.15) is 0 Å². The third-order valence-electron chi connectivity index (χ3n) is 4.74. The molecule has 2 aliphatic rings. The summed E-state index contributed by atoms with van der Waals surface area (Å²) in [5, 5.41) is 0. The van der Waals surface area contributed by atoms with E-state index >= 15 is 0 Å². The molecule has 1 fully saturated rings. The molecule has 5 heteroatoms. The Bertz CT molecular complexity index is 693. The van der Waals surface area contributed by atoms with Crippen LogP contribution in [0.25, 0.3) is 0 Å². The fourth-order valence-electron chi connectivity index (χ4n) is 3.40. The van der Waals surface area contributed by atoms with Crippen molar-refractivity contribution in [3.05, 3.63) is 53.9 Å². The molecule has 1 saturated carbocycles. The third-order valence-corrected chi connectivity index (χ3v) is 4.74. The molecule has 114 valence electrons. The number of imidazole rings is 1. The standard InChI is InChI=1S/C17H17FN2O2/c18-14-2-1-11-8-16(9-12(11)5-14)22-17(21)13-6-15(7-13)20-4-3-19-10-20/h1-5,10,13,15-16H,6-9H2. The number of ether oxygens (including phenoxy) is 1. The van der Waals surface area contributed by atoms with E-state index in [9.17, 15) is 9.18 Å². The first kappa shape index (κ1) is 13.5. The number of carbonyl (C=O) groups excluding carboxylic acids is 1. The number of rotatable bonds is 3. The van der Waals surface area contributed by atoms with Crippen LogP contribution in [0, 0.1) is 11.7 Å². The highest BCUT2D eigenvalue weighted by Gasteiger charge is 2.38. The van der Waals surface area contributed by atoms with Gasteiger partial charge in [0.25, 0.3) is 0 Å². The Morgan fingerprint density at radius 1 is 1.27 bits per heavy atom. The maximum Gasteiger partial charge on any atom is 0.309 e. The molecule has 4 nitrogen and oxygen atoms in total. The molecule has 1 aromatic heterocycles. The SMILES string of the molecule is O=C(OC1Cc2ccc(F)cc2C1)C1CC(n2ccnc2)C1. The van der Waals surface area contributed by atoms with Crippen LogP contribution in [0.5, 0.6) is 0 Å². The predicted molar refractivity (Wildman–Crippen MR) is 77.7 cm³/mol. The molecule has 1 aromatic carbocycles. The van der Waals surface area contributed by atoms with E-state index in [0.717, 1.165) is 24.0 Å². The quantitative estimate of drug-likeness (QED) is 0.819. The van der Waals surface area contributed by atoms with Gasteiger partial charge in [0.1, 0.15) is 11.9 Å². The first-order chi connectivity index (χ1) is 10.7. The van der Waals surface area contributed by atoms with E-state index in [2.05, 4.69) is 4.98 Å². The van der Waals surface area contributed by atoms with Crippen molar-refractivity contribution in [2.24, 2.45) is 5.92 Å². The van der Waals surface area contributed by atoms with Crippen molar-refractivity contribution >= 4 is 5.97 Å². The van der Waals surface area contributed by atoms with Crippen LogP contribution in [-0.4, -0.2) is 21.6 Å². The summed E-state index contributed by atoms with van der Waals surface area (Å²) in [6, 6.07) is 5.15. The van der Waals surface area contributed by atoms with E-state index in [1.165, 1.54) is 6.07 Å². The van der Waals surface area contributed by atoms with E-state index < -0.39 is 0 Å². The number of hydrogen-bond acceptors (Lipinski definition) is 3. The molecule has 0 bridgehead atoms. The second kappa shape index (κ2) is 5.23. The molecule has 4 rings (SSSR count). The highest BCUT2D eigenvalue weighted by molar-refractivity contribution is 5.74. The van der Waals surface area contributed by atoms with Crippen molar-refractivity contribution in [3.8, 4) is 0 Å². The van der Waals surface area contributed by atoms with Crippen molar-refractivity contribution in [2.45, 2.75) is 37.8 Å². The molecule has 0 radical (unpaired) electrons. The van der Waals surface area contributed by atoms with E-state index in [4.69, 9.17) is 4.74 Å². The lowest BCUT2D eigenvalue weighted by Gasteiger charge is -2.34. The van der Waals surface area contributed by atoms with Gasteiger partial charge in [-0.05, 0) is 36.1 Å². The summed E-state index contributed by atoms with van der Waals surface area (Å²) in [7, 11) is 0. The normalized spacial score (nSPS) is 26.3. The summed E-state index contributed by atoms with van der Waals surface area (Å²) in [5.74, 6) is -0.365. The summed E-state index contributed by atoms with van der Waals surface area (Å²) in [4.78, 5) is 16.2. The second-order valence-corrected chi connectivity index (χ2v) is 6.21. The van der Waals surface area contributed by atoms with Crippen LogP contribution in [0.4, 0.5) is 4.39 Å². The molecule has 1 atom stereocenters. The molecular formula is C17H17FN2O2. The molecular weight excluding hydrogens is 283 g/mol. The molecule has 0 amide bonds. The molecule has 0 N–H and O–H groups in total. The number of fused-ring (bicyclic) bond motifs is 1. The molecule has 0 saturated heterocycles. The fraction of sp³-hybridized carbons (Fsp3) is 0.412. The lowest BCUT2D eigenvalue weighted by Crippen LogP contribution is -2.35. The van der Waals surface area contributed by atoms with Crippen LogP contribution < -0.4 is 0 Å². The zero-order valence-corrected chi connectivity index (χ0v) is 12.1. The molecule has 0 aliphatic heterocycles. The minimum atomic E-state index is -0.229. The topological polar surface area (TPSA) is 44.1 Å². The Labute approximate surface area is 127 Å². The average molecular weight is 300 g/mol. The van der Waals surface area contributed by atoms with Crippen LogP contribution in [0.1, 0.15) is 30.0 Å². The van der Waals surface area contributed by atoms with Gasteiger partial charge in [-0.3, -0.25) is 4.79 Å². The zero-order chi connectivity index (χ0) is 15.1. The summed E-state index contributed by atoms with van der Waals surface area (Å²) < 4.78 is 20.9. The van der Waals surface area contributed by atoms with Crippen molar-refractivity contribution in [1.29, 1.82) is 0 Å². The van der Waals surface area contributed by atoms with Gasteiger partial charge >= 0.3 is 5.97 Å². The van der Waals surface area contributed by atoms with Gasteiger partial charge in [0.05, 0.1) is 12.2 Å². The maximum atomic E-state index is 13.2. The summed E-state index contributed by atoms with van der Waals surface area (Å²) in [5.41, 5.74) is 2.05. The summed E-state index contributed by atoms with van der Waals surface area (Å²) in [6.07, 6.45) is 8.25. The molecule has 2 aliphatic carbocycles. The molecule has 2 aromatic rings. The number of hydrogen-bond donors (Lipinski definition) is 0. The fourth-order valence-corrected chi connectivity index (χ4v) is 3.40. The smallest absolute Gasteiger partial charge is 0.309 e. The lowest BCUT2D eigenvalue weighted by molar-refractivity contribution is -0.158. The first-order valence-electron chi connectivity index (χ1n) is 7.64. The average Bonchev–Trinajstić information content (AvgIpc) is 3.05. The second-order valence-electron chi connectivity index (χ2n) is 6.21. The molecule has 1 unspecified atom stereocenters. The lowest BCUT2D eigenvalue weighted by atomic mass is 9.80. The van der Waals surface area contributed by atoms with Gasteiger partial charge in [0, 0.05) is 31.3 Å².